The molecule has 0 aliphatic heterocycles. The van der Waals surface area contributed by atoms with Crippen LogP contribution >= 0.6 is 0 Å². The first-order valence-corrected chi connectivity index (χ1v) is 8.79. The van der Waals surface area contributed by atoms with Gasteiger partial charge in [-0.15, -0.1) is 0 Å². The molecule has 1 N–H and O–H groups in total. The van der Waals surface area contributed by atoms with Gasteiger partial charge in [0.25, 0.3) is 0 Å². The molecule has 1 atom stereocenters. The van der Waals surface area contributed by atoms with Crippen molar-refractivity contribution in [3.05, 3.63) is 59.4 Å². The number of ether oxygens (including phenoxy) is 1. The van der Waals surface area contributed by atoms with Gasteiger partial charge in [-0.25, -0.2) is 4.98 Å². The fourth-order valence-corrected chi connectivity index (χ4v) is 3.12. The van der Waals surface area contributed by atoms with E-state index in [1.54, 1.807) is 0 Å². The predicted octanol–water partition coefficient (Wildman–Crippen LogP) is 4.22. The molecule has 0 saturated carbocycles. The van der Waals surface area contributed by atoms with E-state index in [4.69, 9.17) is 4.74 Å². The van der Waals surface area contributed by atoms with Gasteiger partial charge < -0.3 is 14.4 Å². The van der Waals surface area contributed by atoms with E-state index < -0.39 is 6.10 Å². The van der Waals surface area contributed by atoms with Gasteiger partial charge in [-0.2, -0.15) is 0 Å². The Morgan fingerprint density at radius 2 is 1.88 bits per heavy atom. The lowest BCUT2D eigenvalue weighted by Crippen LogP contribution is -2.24. The molecule has 0 amide bonds. The second-order valence-corrected chi connectivity index (χ2v) is 6.92. The van der Waals surface area contributed by atoms with Crippen LogP contribution in [-0.2, 0) is 6.54 Å². The van der Waals surface area contributed by atoms with Crippen molar-refractivity contribution in [1.82, 2.24) is 9.55 Å². The first kappa shape index (κ1) is 17.5. The maximum atomic E-state index is 10.5. The number of hydrogen-bond donors (Lipinski definition) is 1. The van der Waals surface area contributed by atoms with Gasteiger partial charge in [-0.1, -0.05) is 38.1 Å². The zero-order valence-corrected chi connectivity index (χ0v) is 15.4. The van der Waals surface area contributed by atoms with Crippen LogP contribution in [0.1, 0.15) is 36.7 Å². The van der Waals surface area contributed by atoms with Crippen LogP contribution < -0.4 is 4.74 Å². The molecule has 0 fully saturated rings. The fourth-order valence-electron chi connectivity index (χ4n) is 3.12. The zero-order chi connectivity index (χ0) is 18.0. The van der Waals surface area contributed by atoms with E-state index in [9.17, 15) is 5.11 Å². The van der Waals surface area contributed by atoms with Gasteiger partial charge in [0.1, 0.15) is 24.3 Å². The molecule has 2 aromatic carbocycles. The zero-order valence-electron chi connectivity index (χ0n) is 15.4. The van der Waals surface area contributed by atoms with E-state index in [1.807, 2.05) is 48.7 Å². The van der Waals surface area contributed by atoms with Crippen LogP contribution in [0.3, 0.4) is 0 Å². The molecule has 4 heteroatoms. The highest BCUT2D eigenvalue weighted by molar-refractivity contribution is 5.75. The molecule has 25 heavy (non-hydrogen) atoms. The summed E-state index contributed by atoms with van der Waals surface area (Å²) in [5.41, 5.74) is 4.32. The minimum absolute atomic E-state index is 0.259. The molecule has 0 aliphatic carbocycles. The number of aliphatic hydroxyl groups excluding tert-OH is 1. The van der Waals surface area contributed by atoms with E-state index in [2.05, 4.69) is 31.0 Å². The Balaban J connectivity index is 1.72. The number of imidazole rings is 1. The quantitative estimate of drug-likeness (QED) is 0.732. The molecule has 0 spiro atoms. The average molecular weight is 338 g/mol. The molecule has 3 rings (SSSR count). The van der Waals surface area contributed by atoms with E-state index in [-0.39, 0.29) is 6.61 Å². The molecular formula is C21H26N2O2. The molecule has 4 nitrogen and oxygen atoms in total. The number of rotatable bonds is 6. The van der Waals surface area contributed by atoms with Gasteiger partial charge in [0.2, 0.25) is 0 Å². The first-order chi connectivity index (χ1) is 12.0. The number of aromatic nitrogens is 2. The van der Waals surface area contributed by atoms with E-state index in [1.165, 1.54) is 5.56 Å². The summed E-state index contributed by atoms with van der Waals surface area (Å²) in [6.07, 6.45) is -0.600. The largest absolute Gasteiger partial charge is 0.491 e. The highest BCUT2D eigenvalue weighted by Gasteiger charge is 2.14. The van der Waals surface area contributed by atoms with Crippen LogP contribution in [-0.4, -0.2) is 27.4 Å². The Bertz CT molecular complexity index is 867. The number of aliphatic hydroxyl groups is 1. The van der Waals surface area contributed by atoms with Crippen molar-refractivity contribution in [3.63, 3.8) is 0 Å². The molecule has 1 unspecified atom stereocenters. The number of nitrogens with zero attached hydrogens (tertiary/aromatic N) is 2. The standard InChI is InChI=1S/C21H26N2O2/c1-14(2)18-10-9-15(3)11-21(18)25-13-17(24)12-23-16(4)22-19-7-5-6-8-20(19)23/h5-11,14,17,24H,12-13H2,1-4H3. The molecule has 3 aromatic rings. The normalized spacial score (nSPS) is 12.7. The topological polar surface area (TPSA) is 47.3 Å². The fraction of sp³-hybridized carbons (Fsp3) is 0.381. The van der Waals surface area contributed by atoms with Crippen molar-refractivity contribution in [2.45, 2.75) is 46.3 Å². The minimum atomic E-state index is -0.600. The van der Waals surface area contributed by atoms with Gasteiger partial charge in [0.15, 0.2) is 0 Å². The van der Waals surface area contributed by atoms with Crippen LogP contribution in [0.2, 0.25) is 0 Å². The lowest BCUT2D eigenvalue weighted by Gasteiger charge is -2.18. The van der Waals surface area contributed by atoms with Gasteiger partial charge in [0, 0.05) is 0 Å². The van der Waals surface area contributed by atoms with Crippen LogP contribution in [0.4, 0.5) is 0 Å². The average Bonchev–Trinajstić information content (AvgIpc) is 2.88. The number of para-hydroxylation sites is 2. The molecular weight excluding hydrogens is 312 g/mol. The third-order valence-corrected chi connectivity index (χ3v) is 4.46. The predicted molar refractivity (Wildman–Crippen MR) is 101 cm³/mol. The molecule has 0 saturated heterocycles. The number of hydrogen-bond acceptors (Lipinski definition) is 3. The summed E-state index contributed by atoms with van der Waals surface area (Å²) >= 11 is 0. The van der Waals surface area contributed by atoms with E-state index >= 15 is 0 Å². The third kappa shape index (κ3) is 3.85. The van der Waals surface area contributed by atoms with E-state index in [0.29, 0.717) is 12.5 Å². The summed E-state index contributed by atoms with van der Waals surface area (Å²) in [5.74, 6) is 2.15. The third-order valence-electron chi connectivity index (χ3n) is 4.46. The van der Waals surface area contributed by atoms with Crippen LogP contribution in [0.25, 0.3) is 11.0 Å². The Labute approximate surface area is 149 Å². The first-order valence-electron chi connectivity index (χ1n) is 8.79. The highest BCUT2D eigenvalue weighted by Crippen LogP contribution is 2.27. The number of benzene rings is 2. The van der Waals surface area contributed by atoms with Gasteiger partial charge >= 0.3 is 0 Å². The maximum Gasteiger partial charge on any atom is 0.123 e. The van der Waals surface area contributed by atoms with Crippen molar-refractivity contribution in [3.8, 4) is 5.75 Å². The van der Waals surface area contributed by atoms with Crippen molar-refractivity contribution in [2.75, 3.05) is 6.61 Å². The molecule has 0 bridgehead atoms. The molecule has 0 aliphatic rings. The summed E-state index contributed by atoms with van der Waals surface area (Å²) in [7, 11) is 0. The summed E-state index contributed by atoms with van der Waals surface area (Å²) in [5, 5.41) is 10.5. The Hall–Kier alpha value is -2.33. The molecule has 0 radical (unpaired) electrons. The second-order valence-electron chi connectivity index (χ2n) is 6.92. The Kier molecular flexibility index (Phi) is 5.09. The number of fused-ring (bicyclic) bond motifs is 1. The van der Waals surface area contributed by atoms with Gasteiger partial charge in [-0.05, 0) is 49.1 Å². The van der Waals surface area contributed by atoms with Crippen molar-refractivity contribution >= 4 is 11.0 Å². The highest BCUT2D eigenvalue weighted by atomic mass is 16.5. The van der Waals surface area contributed by atoms with Gasteiger partial charge in [0.05, 0.1) is 17.6 Å². The van der Waals surface area contributed by atoms with Crippen LogP contribution in [0.15, 0.2) is 42.5 Å². The van der Waals surface area contributed by atoms with Crippen LogP contribution in [0.5, 0.6) is 5.75 Å². The number of aryl methyl sites for hydroxylation is 2. The molecule has 1 aromatic heterocycles. The van der Waals surface area contributed by atoms with Crippen molar-refractivity contribution in [2.24, 2.45) is 0 Å². The molecule has 132 valence electrons. The lowest BCUT2D eigenvalue weighted by molar-refractivity contribution is 0.0923. The lowest BCUT2D eigenvalue weighted by atomic mass is 10.0. The summed E-state index contributed by atoms with van der Waals surface area (Å²) < 4.78 is 8.00. The van der Waals surface area contributed by atoms with Crippen molar-refractivity contribution < 1.29 is 9.84 Å². The molecule has 1 heterocycles. The summed E-state index contributed by atoms with van der Waals surface area (Å²) in [6, 6.07) is 14.2. The smallest absolute Gasteiger partial charge is 0.123 e. The van der Waals surface area contributed by atoms with Crippen molar-refractivity contribution in [1.29, 1.82) is 0 Å². The monoisotopic (exact) mass is 338 g/mol. The Morgan fingerprint density at radius 1 is 1.12 bits per heavy atom. The minimum Gasteiger partial charge on any atom is -0.491 e. The Morgan fingerprint density at radius 3 is 2.64 bits per heavy atom. The second kappa shape index (κ2) is 7.28. The maximum absolute atomic E-state index is 10.5. The SMILES string of the molecule is Cc1ccc(C(C)C)c(OCC(O)Cn2c(C)nc3ccccc32)c1. The summed E-state index contributed by atoms with van der Waals surface area (Å²) in [6.45, 7) is 9.04. The van der Waals surface area contributed by atoms with Crippen LogP contribution in [0, 0.1) is 13.8 Å². The van der Waals surface area contributed by atoms with Gasteiger partial charge in [-0.3, -0.25) is 0 Å². The van der Waals surface area contributed by atoms with E-state index in [0.717, 1.165) is 28.2 Å². The summed E-state index contributed by atoms with van der Waals surface area (Å²) in [4.78, 5) is 4.54.